The molecule has 5 nitrogen and oxygen atoms in total. The molecule has 1 aromatic heterocycles. The van der Waals surface area contributed by atoms with Crippen molar-refractivity contribution in [2.75, 3.05) is 13.2 Å². The maximum Gasteiger partial charge on any atom is 0.343 e. The molecule has 0 saturated heterocycles. The second-order valence-electron chi connectivity index (χ2n) is 6.08. The van der Waals surface area contributed by atoms with Crippen LogP contribution >= 0.6 is 0 Å². The Morgan fingerprint density at radius 3 is 2.37 bits per heavy atom. The fourth-order valence-corrected chi connectivity index (χ4v) is 2.46. The van der Waals surface area contributed by atoms with Crippen LogP contribution < -0.4 is 0 Å². The highest BCUT2D eigenvalue weighted by Crippen LogP contribution is 2.12. The van der Waals surface area contributed by atoms with Crippen molar-refractivity contribution in [3.63, 3.8) is 0 Å². The molecule has 2 aromatic rings. The second-order valence-corrected chi connectivity index (χ2v) is 6.08. The minimum absolute atomic E-state index is 0.146. The molecule has 0 fully saturated rings. The largest absolute Gasteiger partial charge is 0.464 e. The number of halogens is 1. The van der Waals surface area contributed by atoms with E-state index in [0.717, 1.165) is 24.0 Å². The monoisotopic (exact) mass is 373 g/mol. The van der Waals surface area contributed by atoms with Gasteiger partial charge in [0.15, 0.2) is 0 Å². The number of hydrogen-bond donors (Lipinski definition) is 0. The molecule has 0 radical (unpaired) electrons. The summed E-state index contributed by atoms with van der Waals surface area (Å²) in [5.41, 5.74) is 1.95. The van der Waals surface area contributed by atoms with E-state index in [4.69, 9.17) is 9.47 Å². The van der Waals surface area contributed by atoms with Crippen molar-refractivity contribution in [2.45, 2.75) is 39.2 Å². The SMILES string of the molecule is CCCCOC(C(=O)OCC)C(=O)c1ccc(Cc2ccc(F)cc2)cn1. The number of unbranched alkanes of at least 4 members (excludes halogenated alkanes) is 1. The van der Waals surface area contributed by atoms with E-state index in [1.807, 2.05) is 6.92 Å². The van der Waals surface area contributed by atoms with Gasteiger partial charge in [-0.15, -0.1) is 0 Å². The highest BCUT2D eigenvalue weighted by Gasteiger charge is 2.30. The third kappa shape index (κ3) is 6.25. The summed E-state index contributed by atoms with van der Waals surface area (Å²) in [5.74, 6) is -1.50. The van der Waals surface area contributed by atoms with Crippen LogP contribution in [0.25, 0.3) is 0 Å². The summed E-state index contributed by atoms with van der Waals surface area (Å²) in [6.45, 7) is 4.14. The fraction of sp³-hybridized carbons (Fsp3) is 0.381. The Morgan fingerprint density at radius 2 is 1.78 bits per heavy atom. The van der Waals surface area contributed by atoms with Gasteiger partial charge in [-0.05, 0) is 49.1 Å². The summed E-state index contributed by atoms with van der Waals surface area (Å²) in [6, 6.07) is 9.53. The lowest BCUT2D eigenvalue weighted by Gasteiger charge is -2.15. The summed E-state index contributed by atoms with van der Waals surface area (Å²) in [5, 5.41) is 0. The lowest BCUT2D eigenvalue weighted by Crippen LogP contribution is -2.35. The minimum Gasteiger partial charge on any atom is -0.464 e. The Morgan fingerprint density at radius 1 is 1.07 bits per heavy atom. The molecule has 0 aliphatic rings. The number of esters is 1. The molecule has 6 heteroatoms. The molecule has 27 heavy (non-hydrogen) atoms. The number of rotatable bonds is 10. The number of hydrogen-bond acceptors (Lipinski definition) is 5. The lowest BCUT2D eigenvalue weighted by molar-refractivity contribution is -0.153. The van der Waals surface area contributed by atoms with Gasteiger partial charge in [0.1, 0.15) is 11.5 Å². The molecule has 144 valence electrons. The third-order valence-corrected chi connectivity index (χ3v) is 3.92. The zero-order chi connectivity index (χ0) is 19.6. The first kappa shape index (κ1) is 20.7. The predicted octanol–water partition coefficient (Wildman–Crippen LogP) is 3.74. The van der Waals surface area contributed by atoms with E-state index in [1.54, 1.807) is 37.4 Å². The first-order chi connectivity index (χ1) is 13.0. The van der Waals surface area contributed by atoms with Crippen molar-refractivity contribution in [2.24, 2.45) is 0 Å². The van der Waals surface area contributed by atoms with E-state index in [0.29, 0.717) is 13.0 Å². The summed E-state index contributed by atoms with van der Waals surface area (Å²) in [6.07, 6.45) is 2.47. The molecular weight excluding hydrogens is 349 g/mol. The standard InChI is InChI=1S/C21H24FNO4/c1-3-5-12-27-20(21(25)26-4-2)19(24)18-11-8-16(14-23-18)13-15-6-9-17(22)10-7-15/h6-11,14,20H,3-5,12-13H2,1-2H3. The number of pyridine rings is 1. The van der Waals surface area contributed by atoms with Crippen molar-refractivity contribution >= 4 is 11.8 Å². The Balaban J connectivity index is 2.08. The molecule has 1 aromatic carbocycles. The van der Waals surface area contributed by atoms with E-state index >= 15 is 0 Å². The van der Waals surface area contributed by atoms with Crippen LogP contribution in [0.5, 0.6) is 0 Å². The number of carbonyl (C=O) groups excluding carboxylic acids is 2. The summed E-state index contributed by atoms with van der Waals surface area (Å²) in [7, 11) is 0. The normalized spacial score (nSPS) is 11.8. The summed E-state index contributed by atoms with van der Waals surface area (Å²) < 4.78 is 23.4. The molecule has 1 atom stereocenters. The van der Waals surface area contributed by atoms with Gasteiger partial charge in [0, 0.05) is 12.8 Å². The Kier molecular flexibility index (Phi) is 8.07. The van der Waals surface area contributed by atoms with E-state index in [1.165, 1.54) is 12.1 Å². The number of aromatic nitrogens is 1. The Labute approximate surface area is 158 Å². The Hall–Kier alpha value is -2.60. The molecule has 0 bridgehead atoms. The quantitative estimate of drug-likeness (QED) is 0.275. The number of ketones is 1. The average molecular weight is 373 g/mol. The van der Waals surface area contributed by atoms with E-state index in [2.05, 4.69) is 4.98 Å². The lowest BCUT2D eigenvalue weighted by atomic mass is 10.1. The van der Waals surface area contributed by atoms with Gasteiger partial charge in [-0.25, -0.2) is 9.18 Å². The van der Waals surface area contributed by atoms with Crippen molar-refractivity contribution in [1.29, 1.82) is 0 Å². The fourth-order valence-electron chi connectivity index (χ4n) is 2.46. The third-order valence-electron chi connectivity index (χ3n) is 3.92. The van der Waals surface area contributed by atoms with Gasteiger partial charge in [0.25, 0.3) is 0 Å². The maximum absolute atomic E-state index is 13.0. The van der Waals surface area contributed by atoms with E-state index < -0.39 is 17.9 Å². The van der Waals surface area contributed by atoms with Crippen molar-refractivity contribution < 1.29 is 23.5 Å². The highest BCUT2D eigenvalue weighted by molar-refractivity contribution is 6.10. The van der Waals surface area contributed by atoms with Crippen LogP contribution in [0.4, 0.5) is 4.39 Å². The number of nitrogens with zero attached hydrogens (tertiary/aromatic N) is 1. The van der Waals surface area contributed by atoms with Gasteiger partial charge < -0.3 is 9.47 Å². The maximum atomic E-state index is 13.0. The molecule has 1 unspecified atom stereocenters. The number of benzene rings is 1. The van der Waals surface area contributed by atoms with Crippen molar-refractivity contribution in [3.8, 4) is 0 Å². The average Bonchev–Trinajstić information content (AvgIpc) is 2.67. The molecule has 2 rings (SSSR count). The van der Waals surface area contributed by atoms with Crippen LogP contribution in [0.2, 0.25) is 0 Å². The van der Waals surface area contributed by atoms with Gasteiger partial charge in [-0.1, -0.05) is 31.5 Å². The van der Waals surface area contributed by atoms with E-state index in [9.17, 15) is 14.0 Å². The van der Waals surface area contributed by atoms with Crippen LogP contribution in [-0.2, 0) is 20.7 Å². The van der Waals surface area contributed by atoms with Gasteiger partial charge in [0.05, 0.1) is 6.61 Å². The highest BCUT2D eigenvalue weighted by atomic mass is 19.1. The van der Waals surface area contributed by atoms with Gasteiger partial charge in [-0.3, -0.25) is 9.78 Å². The first-order valence-electron chi connectivity index (χ1n) is 9.07. The number of ether oxygens (including phenoxy) is 2. The molecule has 0 aliphatic heterocycles. The molecular formula is C21H24FNO4. The molecule has 1 heterocycles. The summed E-state index contributed by atoms with van der Waals surface area (Å²) >= 11 is 0. The molecule has 0 aliphatic carbocycles. The zero-order valence-corrected chi connectivity index (χ0v) is 15.6. The van der Waals surface area contributed by atoms with Crippen LogP contribution in [0.3, 0.4) is 0 Å². The molecule has 0 saturated carbocycles. The predicted molar refractivity (Wildman–Crippen MR) is 99.1 cm³/mol. The molecule has 0 spiro atoms. The van der Waals surface area contributed by atoms with Crippen LogP contribution in [0.1, 0.15) is 48.3 Å². The van der Waals surface area contributed by atoms with Gasteiger partial charge in [-0.2, -0.15) is 0 Å². The minimum atomic E-state index is -1.30. The number of Topliss-reactive ketones (excluding diaryl/α,β-unsaturated/α-hetero) is 1. The van der Waals surface area contributed by atoms with Gasteiger partial charge in [0.2, 0.25) is 11.9 Å². The first-order valence-corrected chi connectivity index (χ1v) is 9.07. The number of carbonyl (C=O) groups is 2. The Bertz CT molecular complexity index is 744. The van der Waals surface area contributed by atoms with Gasteiger partial charge >= 0.3 is 5.97 Å². The van der Waals surface area contributed by atoms with E-state index in [-0.39, 0.29) is 18.1 Å². The summed E-state index contributed by atoms with van der Waals surface area (Å²) in [4.78, 5) is 28.9. The van der Waals surface area contributed by atoms with Crippen LogP contribution in [-0.4, -0.2) is 36.1 Å². The second kappa shape index (κ2) is 10.5. The molecule has 0 amide bonds. The molecule has 0 N–H and O–H groups in total. The van der Waals surface area contributed by atoms with Crippen molar-refractivity contribution in [1.82, 2.24) is 4.98 Å². The van der Waals surface area contributed by atoms with Crippen molar-refractivity contribution in [3.05, 3.63) is 65.2 Å². The van der Waals surface area contributed by atoms with Crippen LogP contribution in [0.15, 0.2) is 42.6 Å². The topological polar surface area (TPSA) is 65.5 Å². The van der Waals surface area contributed by atoms with Crippen LogP contribution in [0, 0.1) is 5.82 Å². The smallest absolute Gasteiger partial charge is 0.343 e. The zero-order valence-electron chi connectivity index (χ0n) is 15.6.